The molecule has 136 valence electrons. The van der Waals surface area contributed by atoms with Crippen LogP contribution in [0, 0.1) is 23.5 Å². The van der Waals surface area contributed by atoms with Gasteiger partial charge >= 0.3 is 5.97 Å². The molecular formula is C20H19F2NO3. The zero-order valence-corrected chi connectivity index (χ0v) is 14.1. The molecule has 0 amide bonds. The van der Waals surface area contributed by atoms with Crippen LogP contribution in [-0.2, 0) is 4.84 Å². The number of hydrogen-bond donors (Lipinski definition) is 0. The predicted octanol–water partition coefficient (Wildman–Crippen LogP) is 3.83. The van der Waals surface area contributed by atoms with E-state index in [4.69, 9.17) is 9.57 Å². The second-order valence-electron chi connectivity index (χ2n) is 6.90. The molecule has 0 spiro atoms. The minimum atomic E-state index is -0.903. The van der Waals surface area contributed by atoms with Gasteiger partial charge in [-0.2, -0.15) is 0 Å². The van der Waals surface area contributed by atoms with Gasteiger partial charge in [-0.15, -0.1) is 5.06 Å². The molecule has 1 aliphatic carbocycles. The topological polar surface area (TPSA) is 38.8 Å². The minimum absolute atomic E-state index is 0.0261. The molecule has 1 aliphatic heterocycles. The minimum Gasteiger partial charge on any atom is -0.490 e. The van der Waals surface area contributed by atoms with Crippen molar-refractivity contribution in [2.45, 2.75) is 18.9 Å². The molecule has 2 fully saturated rings. The highest BCUT2D eigenvalue weighted by Gasteiger charge is 2.43. The highest BCUT2D eigenvalue weighted by Crippen LogP contribution is 2.40. The van der Waals surface area contributed by atoms with Crippen LogP contribution in [0.25, 0.3) is 0 Å². The molecule has 26 heavy (non-hydrogen) atoms. The summed E-state index contributed by atoms with van der Waals surface area (Å²) in [6, 6.07) is 12.5. The molecule has 2 aliphatic rings. The van der Waals surface area contributed by atoms with Gasteiger partial charge in [0.25, 0.3) is 0 Å². The molecule has 4 nitrogen and oxygen atoms in total. The van der Waals surface area contributed by atoms with E-state index >= 15 is 0 Å². The van der Waals surface area contributed by atoms with Crippen LogP contribution in [-0.4, -0.2) is 30.2 Å². The van der Waals surface area contributed by atoms with Crippen molar-refractivity contribution in [2.24, 2.45) is 11.8 Å². The molecule has 0 bridgehead atoms. The summed E-state index contributed by atoms with van der Waals surface area (Å²) in [6.07, 6.45) is 1.59. The largest absolute Gasteiger partial charge is 0.490 e. The van der Waals surface area contributed by atoms with Crippen LogP contribution in [0.1, 0.15) is 23.2 Å². The van der Waals surface area contributed by atoms with Gasteiger partial charge in [-0.25, -0.2) is 13.6 Å². The molecule has 1 saturated heterocycles. The molecule has 4 rings (SSSR count). The fraction of sp³-hybridized carbons (Fsp3) is 0.350. The third-order valence-electron chi connectivity index (χ3n) is 5.09. The first-order valence-corrected chi connectivity index (χ1v) is 8.72. The van der Waals surface area contributed by atoms with Crippen molar-refractivity contribution in [3.8, 4) is 5.75 Å². The molecule has 0 radical (unpaired) electrons. The molecular weight excluding hydrogens is 340 g/mol. The van der Waals surface area contributed by atoms with Crippen LogP contribution in [0.5, 0.6) is 5.75 Å². The molecule has 2 aromatic rings. The van der Waals surface area contributed by atoms with Crippen molar-refractivity contribution in [1.29, 1.82) is 0 Å². The number of benzene rings is 2. The molecule has 2 aromatic carbocycles. The Balaban J connectivity index is 1.30. The molecule has 0 N–H and O–H groups in total. The Hall–Kier alpha value is -2.47. The lowest BCUT2D eigenvalue weighted by atomic mass is 10.0. The first kappa shape index (κ1) is 17.0. The lowest BCUT2D eigenvalue weighted by molar-refractivity contribution is -0.0991. The number of nitrogens with zero attached hydrogens (tertiary/aromatic N) is 1. The lowest BCUT2D eigenvalue weighted by Gasteiger charge is -2.19. The quantitative estimate of drug-likeness (QED) is 0.832. The first-order chi connectivity index (χ1) is 12.6. The molecule has 3 atom stereocenters. The van der Waals surface area contributed by atoms with Gasteiger partial charge in [0.15, 0.2) is 11.6 Å². The van der Waals surface area contributed by atoms with Crippen LogP contribution in [0.2, 0.25) is 0 Å². The lowest BCUT2D eigenvalue weighted by Crippen LogP contribution is -2.27. The Kier molecular flexibility index (Phi) is 4.59. The summed E-state index contributed by atoms with van der Waals surface area (Å²) in [6.45, 7) is 1.34. The normalized spacial score (nSPS) is 25.1. The van der Waals surface area contributed by atoms with Gasteiger partial charge < -0.3 is 9.57 Å². The van der Waals surface area contributed by atoms with E-state index in [1.807, 2.05) is 6.07 Å². The standard InChI is InChI=1S/C20H19F2NO3/c21-18-7-6-16(10-19(18)22)25-17-8-14-11-23(12-15(14)9-17)26-20(24)13-4-2-1-3-5-13/h1-7,10,14-15,17H,8-9,11-12H2/t14-,15+,17+. The monoisotopic (exact) mass is 359 g/mol. The van der Waals surface area contributed by atoms with Crippen LogP contribution >= 0.6 is 0 Å². The number of carbonyl (C=O) groups excluding carboxylic acids is 1. The molecule has 1 heterocycles. The highest BCUT2D eigenvalue weighted by atomic mass is 19.2. The zero-order valence-electron chi connectivity index (χ0n) is 14.1. The fourth-order valence-corrected chi connectivity index (χ4v) is 3.86. The number of carbonyl (C=O) groups is 1. The number of halogens is 2. The first-order valence-electron chi connectivity index (χ1n) is 8.72. The van der Waals surface area contributed by atoms with E-state index in [2.05, 4.69) is 0 Å². The fourth-order valence-electron chi connectivity index (χ4n) is 3.86. The van der Waals surface area contributed by atoms with Gasteiger partial charge in [0.05, 0.1) is 11.7 Å². The Labute approximate surface area is 150 Å². The van der Waals surface area contributed by atoms with Crippen LogP contribution < -0.4 is 4.74 Å². The summed E-state index contributed by atoms with van der Waals surface area (Å²) in [4.78, 5) is 17.6. The number of rotatable bonds is 4. The molecule has 0 aromatic heterocycles. The Morgan fingerprint density at radius 1 is 0.962 bits per heavy atom. The van der Waals surface area contributed by atoms with E-state index in [1.54, 1.807) is 29.3 Å². The Bertz CT molecular complexity index is 785. The molecule has 6 heteroatoms. The van der Waals surface area contributed by atoms with Crippen LogP contribution in [0.15, 0.2) is 48.5 Å². The summed E-state index contributed by atoms with van der Waals surface area (Å²) in [7, 11) is 0. The smallest absolute Gasteiger partial charge is 0.357 e. The van der Waals surface area contributed by atoms with E-state index < -0.39 is 11.6 Å². The number of hydrogen-bond acceptors (Lipinski definition) is 4. The molecule has 0 unspecified atom stereocenters. The number of ether oxygens (including phenoxy) is 1. The SMILES string of the molecule is O=C(ON1C[C@H]2C[C@H](Oc3ccc(F)c(F)c3)C[C@H]2C1)c1ccccc1. The second kappa shape index (κ2) is 7.03. The van der Waals surface area contributed by atoms with Gasteiger partial charge in [-0.1, -0.05) is 18.2 Å². The number of fused-ring (bicyclic) bond motifs is 1. The van der Waals surface area contributed by atoms with E-state index in [-0.39, 0.29) is 12.1 Å². The maximum Gasteiger partial charge on any atom is 0.357 e. The van der Waals surface area contributed by atoms with Gasteiger partial charge in [0.1, 0.15) is 5.75 Å². The van der Waals surface area contributed by atoms with E-state index in [1.165, 1.54) is 6.07 Å². The van der Waals surface area contributed by atoms with E-state index in [0.29, 0.717) is 36.2 Å². The van der Waals surface area contributed by atoms with Crippen molar-refractivity contribution >= 4 is 5.97 Å². The summed E-state index contributed by atoms with van der Waals surface area (Å²) in [5.74, 6) is -1.04. The van der Waals surface area contributed by atoms with Gasteiger partial charge in [0, 0.05) is 19.2 Å². The second-order valence-corrected chi connectivity index (χ2v) is 6.90. The predicted molar refractivity (Wildman–Crippen MR) is 90.4 cm³/mol. The van der Waals surface area contributed by atoms with Crippen molar-refractivity contribution in [3.63, 3.8) is 0 Å². The highest BCUT2D eigenvalue weighted by molar-refractivity contribution is 5.89. The van der Waals surface area contributed by atoms with Crippen molar-refractivity contribution < 1.29 is 23.1 Å². The summed E-state index contributed by atoms with van der Waals surface area (Å²) in [5.41, 5.74) is 0.532. The summed E-state index contributed by atoms with van der Waals surface area (Å²) in [5, 5.41) is 1.72. The maximum atomic E-state index is 13.3. The Morgan fingerprint density at radius 2 is 1.65 bits per heavy atom. The average molecular weight is 359 g/mol. The summed E-state index contributed by atoms with van der Waals surface area (Å²) < 4.78 is 32.1. The molecule has 1 saturated carbocycles. The van der Waals surface area contributed by atoms with Crippen molar-refractivity contribution in [3.05, 3.63) is 65.7 Å². The van der Waals surface area contributed by atoms with E-state index in [0.717, 1.165) is 25.0 Å². The van der Waals surface area contributed by atoms with E-state index in [9.17, 15) is 13.6 Å². The van der Waals surface area contributed by atoms with Gasteiger partial charge in [0.2, 0.25) is 0 Å². The van der Waals surface area contributed by atoms with Crippen LogP contribution in [0.3, 0.4) is 0 Å². The zero-order chi connectivity index (χ0) is 18.1. The van der Waals surface area contributed by atoms with Gasteiger partial charge in [-0.05, 0) is 48.9 Å². The third-order valence-corrected chi connectivity index (χ3v) is 5.09. The van der Waals surface area contributed by atoms with Crippen LogP contribution in [0.4, 0.5) is 8.78 Å². The average Bonchev–Trinajstić information content (AvgIpc) is 3.16. The summed E-state index contributed by atoms with van der Waals surface area (Å²) >= 11 is 0. The van der Waals surface area contributed by atoms with Gasteiger partial charge in [-0.3, -0.25) is 0 Å². The Morgan fingerprint density at radius 3 is 2.31 bits per heavy atom. The third kappa shape index (κ3) is 3.55. The number of hydroxylamine groups is 2. The van der Waals surface area contributed by atoms with Crippen molar-refractivity contribution in [1.82, 2.24) is 5.06 Å². The maximum absolute atomic E-state index is 13.3. The van der Waals surface area contributed by atoms with Crippen molar-refractivity contribution in [2.75, 3.05) is 13.1 Å².